The molecule has 0 aliphatic carbocycles. The molecule has 5 heteroatoms. The number of carbonyl (C=O) groups is 1. The van der Waals surface area contributed by atoms with Crippen molar-refractivity contribution >= 4 is 23.2 Å². The first-order valence-corrected chi connectivity index (χ1v) is 6.78. The summed E-state index contributed by atoms with van der Waals surface area (Å²) in [5, 5.41) is 2.86. The first-order valence-electron chi connectivity index (χ1n) is 6.40. The molecule has 0 radical (unpaired) electrons. The van der Waals surface area contributed by atoms with Crippen molar-refractivity contribution in [2.75, 3.05) is 11.9 Å². The fourth-order valence-electron chi connectivity index (χ4n) is 1.75. The molecule has 0 aliphatic rings. The van der Waals surface area contributed by atoms with Crippen LogP contribution in [-0.2, 0) is 4.79 Å². The van der Waals surface area contributed by atoms with Crippen LogP contribution < -0.4 is 10.1 Å². The molecule has 0 saturated heterocycles. The standard InChI is InChI=1S/C16H15ClFNO2/c1-10-3-5-13(7-11(10)2)19-16(20)9-21-15-6-4-12(18)8-14(15)17/h3-8H,9H2,1-2H3,(H,19,20). The summed E-state index contributed by atoms with van der Waals surface area (Å²) < 4.78 is 18.2. The Labute approximate surface area is 127 Å². The van der Waals surface area contributed by atoms with Gasteiger partial charge in [0.25, 0.3) is 5.91 Å². The molecular weight excluding hydrogens is 293 g/mol. The summed E-state index contributed by atoms with van der Waals surface area (Å²) in [5.41, 5.74) is 2.95. The van der Waals surface area contributed by atoms with Crippen LogP contribution in [0.5, 0.6) is 5.75 Å². The molecule has 0 aromatic heterocycles. The average Bonchev–Trinajstić information content (AvgIpc) is 2.42. The molecule has 0 heterocycles. The highest BCUT2D eigenvalue weighted by Gasteiger charge is 2.07. The van der Waals surface area contributed by atoms with E-state index in [0.717, 1.165) is 17.2 Å². The van der Waals surface area contributed by atoms with Crippen LogP contribution in [-0.4, -0.2) is 12.5 Å². The lowest BCUT2D eigenvalue weighted by Crippen LogP contribution is -2.20. The molecule has 21 heavy (non-hydrogen) atoms. The SMILES string of the molecule is Cc1ccc(NC(=O)COc2ccc(F)cc2Cl)cc1C. The van der Waals surface area contributed by atoms with Crippen molar-refractivity contribution in [3.63, 3.8) is 0 Å². The fraction of sp³-hybridized carbons (Fsp3) is 0.188. The molecular formula is C16H15ClFNO2. The molecule has 0 aliphatic heterocycles. The van der Waals surface area contributed by atoms with Crippen LogP contribution in [0, 0.1) is 19.7 Å². The molecule has 3 nitrogen and oxygen atoms in total. The van der Waals surface area contributed by atoms with Gasteiger partial charge in [-0.25, -0.2) is 4.39 Å². The highest BCUT2D eigenvalue weighted by molar-refractivity contribution is 6.32. The van der Waals surface area contributed by atoms with Crippen molar-refractivity contribution in [3.8, 4) is 5.75 Å². The average molecular weight is 308 g/mol. The first-order chi connectivity index (χ1) is 9.95. The second-order valence-electron chi connectivity index (χ2n) is 4.71. The number of amides is 1. The molecule has 110 valence electrons. The van der Waals surface area contributed by atoms with Gasteiger partial charge in [0.15, 0.2) is 6.61 Å². The topological polar surface area (TPSA) is 38.3 Å². The summed E-state index contributed by atoms with van der Waals surface area (Å²) in [6.45, 7) is 3.78. The van der Waals surface area contributed by atoms with E-state index in [1.165, 1.54) is 12.1 Å². The normalized spacial score (nSPS) is 10.3. The second-order valence-corrected chi connectivity index (χ2v) is 5.12. The van der Waals surface area contributed by atoms with Gasteiger partial charge in [-0.2, -0.15) is 0 Å². The minimum atomic E-state index is -0.452. The predicted molar refractivity (Wildman–Crippen MR) is 81.5 cm³/mol. The van der Waals surface area contributed by atoms with Crippen LogP contribution in [0.2, 0.25) is 5.02 Å². The van der Waals surface area contributed by atoms with Crippen LogP contribution in [0.3, 0.4) is 0 Å². The molecule has 0 saturated carbocycles. The molecule has 2 aromatic carbocycles. The van der Waals surface area contributed by atoms with E-state index in [1.807, 2.05) is 32.0 Å². The van der Waals surface area contributed by atoms with Crippen molar-refractivity contribution in [1.82, 2.24) is 0 Å². The summed E-state index contributed by atoms with van der Waals surface area (Å²) in [7, 11) is 0. The Morgan fingerprint density at radius 2 is 1.95 bits per heavy atom. The highest BCUT2D eigenvalue weighted by atomic mass is 35.5. The van der Waals surface area contributed by atoms with Crippen LogP contribution in [0.4, 0.5) is 10.1 Å². The molecule has 0 unspecified atom stereocenters. The number of aryl methyl sites for hydroxylation is 2. The van der Waals surface area contributed by atoms with Gasteiger partial charge in [0, 0.05) is 5.69 Å². The maximum Gasteiger partial charge on any atom is 0.262 e. The lowest BCUT2D eigenvalue weighted by molar-refractivity contribution is -0.118. The number of hydrogen-bond acceptors (Lipinski definition) is 2. The van der Waals surface area contributed by atoms with E-state index in [2.05, 4.69) is 5.32 Å². The number of rotatable bonds is 4. The van der Waals surface area contributed by atoms with E-state index in [1.54, 1.807) is 0 Å². The molecule has 2 rings (SSSR count). The Morgan fingerprint density at radius 3 is 2.62 bits per heavy atom. The summed E-state index contributed by atoms with van der Waals surface area (Å²) >= 11 is 5.81. The third kappa shape index (κ3) is 4.20. The van der Waals surface area contributed by atoms with Gasteiger partial charge >= 0.3 is 0 Å². The number of nitrogens with one attached hydrogen (secondary N) is 1. The third-order valence-electron chi connectivity index (χ3n) is 3.04. The van der Waals surface area contributed by atoms with Crippen molar-refractivity contribution in [2.45, 2.75) is 13.8 Å². The smallest absolute Gasteiger partial charge is 0.262 e. The quantitative estimate of drug-likeness (QED) is 0.923. The lowest BCUT2D eigenvalue weighted by Gasteiger charge is -2.10. The zero-order valence-electron chi connectivity index (χ0n) is 11.7. The fourth-order valence-corrected chi connectivity index (χ4v) is 1.97. The van der Waals surface area contributed by atoms with E-state index in [0.29, 0.717) is 5.69 Å². The Bertz CT molecular complexity index is 673. The largest absolute Gasteiger partial charge is 0.482 e. The zero-order chi connectivity index (χ0) is 15.4. The van der Waals surface area contributed by atoms with Gasteiger partial charge in [-0.1, -0.05) is 17.7 Å². The Hall–Kier alpha value is -2.07. The zero-order valence-corrected chi connectivity index (χ0v) is 12.5. The van der Waals surface area contributed by atoms with Crippen LogP contribution >= 0.6 is 11.6 Å². The second kappa shape index (κ2) is 6.59. The third-order valence-corrected chi connectivity index (χ3v) is 3.34. The molecule has 0 fully saturated rings. The maximum absolute atomic E-state index is 12.9. The summed E-state index contributed by atoms with van der Waals surface area (Å²) in [6.07, 6.45) is 0. The van der Waals surface area contributed by atoms with Gasteiger partial charge in [0.05, 0.1) is 5.02 Å². The van der Waals surface area contributed by atoms with E-state index in [9.17, 15) is 9.18 Å². The van der Waals surface area contributed by atoms with Crippen LogP contribution in [0.1, 0.15) is 11.1 Å². The molecule has 0 atom stereocenters. The van der Waals surface area contributed by atoms with Gasteiger partial charge in [0.1, 0.15) is 11.6 Å². The van der Waals surface area contributed by atoms with Crippen molar-refractivity contribution in [1.29, 1.82) is 0 Å². The van der Waals surface area contributed by atoms with Crippen molar-refractivity contribution < 1.29 is 13.9 Å². The number of anilines is 1. The molecule has 1 amide bonds. The van der Waals surface area contributed by atoms with Crippen molar-refractivity contribution in [3.05, 3.63) is 58.4 Å². The van der Waals surface area contributed by atoms with Gasteiger partial charge in [-0.3, -0.25) is 4.79 Å². The first kappa shape index (κ1) is 15.3. The van der Waals surface area contributed by atoms with E-state index < -0.39 is 5.82 Å². The van der Waals surface area contributed by atoms with Gasteiger partial charge in [0.2, 0.25) is 0 Å². The molecule has 2 aromatic rings. The van der Waals surface area contributed by atoms with E-state index in [-0.39, 0.29) is 23.3 Å². The summed E-state index contributed by atoms with van der Waals surface area (Å²) in [4.78, 5) is 11.8. The van der Waals surface area contributed by atoms with Gasteiger partial charge in [-0.05, 0) is 55.3 Å². The monoisotopic (exact) mass is 307 g/mol. The lowest BCUT2D eigenvalue weighted by atomic mass is 10.1. The summed E-state index contributed by atoms with van der Waals surface area (Å²) in [5.74, 6) is -0.487. The number of hydrogen-bond donors (Lipinski definition) is 1. The number of benzene rings is 2. The number of halogens is 2. The van der Waals surface area contributed by atoms with E-state index >= 15 is 0 Å². The predicted octanol–water partition coefficient (Wildman–Crippen LogP) is 4.11. The number of ether oxygens (including phenoxy) is 1. The number of carbonyl (C=O) groups excluding carboxylic acids is 1. The minimum absolute atomic E-state index is 0.133. The minimum Gasteiger partial charge on any atom is -0.482 e. The maximum atomic E-state index is 12.9. The van der Waals surface area contributed by atoms with Gasteiger partial charge in [-0.15, -0.1) is 0 Å². The van der Waals surface area contributed by atoms with Crippen molar-refractivity contribution in [2.24, 2.45) is 0 Å². The molecule has 0 spiro atoms. The van der Waals surface area contributed by atoms with E-state index in [4.69, 9.17) is 16.3 Å². The van der Waals surface area contributed by atoms with Crippen LogP contribution in [0.25, 0.3) is 0 Å². The van der Waals surface area contributed by atoms with Gasteiger partial charge < -0.3 is 10.1 Å². The summed E-state index contributed by atoms with van der Waals surface area (Å²) in [6, 6.07) is 9.40. The highest BCUT2D eigenvalue weighted by Crippen LogP contribution is 2.24. The Balaban J connectivity index is 1.94. The molecule has 0 bridgehead atoms. The Kier molecular flexibility index (Phi) is 4.81. The van der Waals surface area contributed by atoms with Crippen LogP contribution in [0.15, 0.2) is 36.4 Å². The molecule has 1 N–H and O–H groups in total. The Morgan fingerprint density at radius 1 is 1.19 bits per heavy atom.